The molecule has 0 aliphatic carbocycles. The lowest BCUT2D eigenvalue weighted by atomic mass is 10.0. The van der Waals surface area contributed by atoms with E-state index in [1.807, 2.05) is 6.92 Å². The Kier molecular flexibility index (Phi) is 1.51. The minimum Gasteiger partial charge on any atom is -0.356 e. The van der Waals surface area contributed by atoms with Crippen LogP contribution in [0.2, 0.25) is 0 Å². The molecule has 1 atom stereocenters. The number of rotatable bonds is 0. The zero-order chi connectivity index (χ0) is 5.98. The predicted octanol–water partition coefficient (Wildman–Crippen LogP) is 0.532. The Morgan fingerprint density at radius 2 is 2.50 bits per heavy atom. The van der Waals surface area contributed by atoms with Gasteiger partial charge in [0.2, 0.25) is 5.91 Å². The van der Waals surface area contributed by atoms with Crippen molar-refractivity contribution in [3.8, 4) is 0 Å². The third-order valence-electron chi connectivity index (χ3n) is 1.56. The lowest BCUT2D eigenvalue weighted by Gasteiger charge is -2.16. The average Bonchev–Trinajstić information content (AvgIpc) is 1.77. The van der Waals surface area contributed by atoms with Gasteiger partial charge in [0.25, 0.3) is 0 Å². The highest BCUT2D eigenvalue weighted by Gasteiger charge is 2.15. The van der Waals surface area contributed by atoms with Crippen molar-refractivity contribution in [2.24, 2.45) is 5.92 Å². The summed E-state index contributed by atoms with van der Waals surface area (Å²) in [5, 5.41) is 2.79. The van der Waals surface area contributed by atoms with Gasteiger partial charge in [-0.15, -0.1) is 0 Å². The Morgan fingerprint density at radius 3 is 2.88 bits per heavy atom. The average molecular weight is 113 g/mol. The van der Waals surface area contributed by atoms with Crippen molar-refractivity contribution >= 4 is 5.91 Å². The first-order chi connectivity index (χ1) is 3.80. The Labute approximate surface area is 49.3 Å². The molecule has 1 fully saturated rings. The molecule has 46 valence electrons. The normalized spacial score (nSPS) is 29.6. The molecule has 1 aliphatic rings. The van der Waals surface area contributed by atoms with Crippen molar-refractivity contribution in [1.29, 1.82) is 0 Å². The molecule has 0 unspecified atom stereocenters. The summed E-state index contributed by atoms with van der Waals surface area (Å²) in [5.41, 5.74) is 0. The van der Waals surface area contributed by atoms with Crippen LogP contribution >= 0.6 is 0 Å². The van der Waals surface area contributed by atoms with E-state index in [4.69, 9.17) is 0 Å². The van der Waals surface area contributed by atoms with Gasteiger partial charge in [-0.05, 0) is 12.8 Å². The van der Waals surface area contributed by atoms with E-state index in [2.05, 4.69) is 5.32 Å². The molecule has 1 aliphatic heterocycles. The van der Waals surface area contributed by atoms with Gasteiger partial charge in [-0.2, -0.15) is 0 Å². The SMILES string of the molecule is C[C@@H]1CCCNC1=O. The molecule has 1 saturated heterocycles. The van der Waals surface area contributed by atoms with Gasteiger partial charge in [-0.25, -0.2) is 0 Å². The maximum absolute atomic E-state index is 10.7. The van der Waals surface area contributed by atoms with Crippen molar-refractivity contribution in [3.05, 3.63) is 0 Å². The fourth-order valence-electron chi connectivity index (χ4n) is 0.925. The smallest absolute Gasteiger partial charge is 0.222 e. The molecule has 1 N–H and O–H groups in total. The molecule has 0 radical (unpaired) electrons. The number of nitrogens with one attached hydrogen (secondary N) is 1. The first-order valence-electron chi connectivity index (χ1n) is 3.08. The second-order valence-corrected chi connectivity index (χ2v) is 2.33. The summed E-state index contributed by atoms with van der Waals surface area (Å²) >= 11 is 0. The monoisotopic (exact) mass is 113 g/mol. The van der Waals surface area contributed by atoms with Crippen molar-refractivity contribution in [2.75, 3.05) is 6.54 Å². The van der Waals surface area contributed by atoms with Gasteiger partial charge in [0.1, 0.15) is 0 Å². The first kappa shape index (κ1) is 5.60. The summed E-state index contributed by atoms with van der Waals surface area (Å²) < 4.78 is 0. The summed E-state index contributed by atoms with van der Waals surface area (Å²) in [6.07, 6.45) is 2.21. The van der Waals surface area contributed by atoms with Crippen molar-refractivity contribution in [3.63, 3.8) is 0 Å². The molecule has 1 amide bonds. The van der Waals surface area contributed by atoms with Gasteiger partial charge in [-0.1, -0.05) is 6.92 Å². The van der Waals surface area contributed by atoms with Crippen LogP contribution in [-0.2, 0) is 4.79 Å². The van der Waals surface area contributed by atoms with Crippen molar-refractivity contribution in [2.45, 2.75) is 19.8 Å². The fourth-order valence-corrected chi connectivity index (χ4v) is 0.925. The summed E-state index contributed by atoms with van der Waals surface area (Å²) in [4.78, 5) is 10.7. The van der Waals surface area contributed by atoms with Gasteiger partial charge in [-0.3, -0.25) is 4.79 Å². The molecule has 2 nitrogen and oxygen atoms in total. The van der Waals surface area contributed by atoms with Crippen LogP contribution < -0.4 is 5.32 Å². The lowest BCUT2D eigenvalue weighted by molar-refractivity contribution is -0.125. The number of carbonyl (C=O) groups excluding carboxylic acids is 1. The predicted molar refractivity (Wildman–Crippen MR) is 31.4 cm³/mol. The molecular weight excluding hydrogens is 102 g/mol. The van der Waals surface area contributed by atoms with Crippen LogP contribution in [0.25, 0.3) is 0 Å². The molecule has 8 heavy (non-hydrogen) atoms. The minimum atomic E-state index is 0.219. The Balaban J connectivity index is 2.39. The summed E-state index contributed by atoms with van der Waals surface area (Å²) in [6.45, 7) is 2.84. The van der Waals surface area contributed by atoms with E-state index in [1.165, 1.54) is 0 Å². The van der Waals surface area contributed by atoms with Crippen LogP contribution in [0.4, 0.5) is 0 Å². The van der Waals surface area contributed by atoms with Crippen LogP contribution in [0, 0.1) is 5.92 Å². The number of carbonyl (C=O) groups is 1. The number of hydrogen-bond donors (Lipinski definition) is 1. The first-order valence-corrected chi connectivity index (χ1v) is 3.08. The van der Waals surface area contributed by atoms with E-state index in [0.717, 1.165) is 19.4 Å². The molecule has 0 aromatic carbocycles. The lowest BCUT2D eigenvalue weighted by Crippen LogP contribution is -2.34. The maximum atomic E-state index is 10.7. The van der Waals surface area contributed by atoms with E-state index in [0.29, 0.717) is 0 Å². The summed E-state index contributed by atoms with van der Waals surface area (Å²) in [5.74, 6) is 0.472. The standard InChI is InChI=1S/C6H11NO/c1-5-3-2-4-7-6(5)8/h5H,2-4H2,1H3,(H,7,8)/t5-/m1/s1. The summed E-state index contributed by atoms with van der Waals surface area (Å²) in [7, 11) is 0. The third-order valence-corrected chi connectivity index (χ3v) is 1.56. The van der Waals surface area contributed by atoms with E-state index in [9.17, 15) is 4.79 Å². The topological polar surface area (TPSA) is 29.1 Å². The Bertz CT molecular complexity index is 101. The van der Waals surface area contributed by atoms with Crippen molar-refractivity contribution in [1.82, 2.24) is 5.32 Å². The highest BCUT2D eigenvalue weighted by Crippen LogP contribution is 2.08. The summed E-state index contributed by atoms with van der Waals surface area (Å²) in [6, 6.07) is 0. The third kappa shape index (κ3) is 0.997. The second kappa shape index (κ2) is 2.16. The van der Waals surface area contributed by atoms with Gasteiger partial charge in [0.05, 0.1) is 0 Å². The van der Waals surface area contributed by atoms with Crippen LogP contribution in [0.1, 0.15) is 19.8 Å². The molecule has 1 heterocycles. The van der Waals surface area contributed by atoms with Gasteiger partial charge in [0, 0.05) is 12.5 Å². The fraction of sp³-hybridized carbons (Fsp3) is 0.833. The zero-order valence-corrected chi connectivity index (χ0v) is 5.11. The number of amides is 1. The molecule has 1 rings (SSSR count). The molecular formula is C6H11NO. The van der Waals surface area contributed by atoms with E-state index < -0.39 is 0 Å². The van der Waals surface area contributed by atoms with E-state index in [1.54, 1.807) is 0 Å². The van der Waals surface area contributed by atoms with Crippen molar-refractivity contribution < 1.29 is 4.79 Å². The minimum absolute atomic E-state index is 0.219. The van der Waals surface area contributed by atoms with Crippen LogP contribution in [-0.4, -0.2) is 12.5 Å². The largest absolute Gasteiger partial charge is 0.356 e. The molecule has 0 bridgehead atoms. The van der Waals surface area contributed by atoms with Gasteiger partial charge in [0.15, 0.2) is 0 Å². The quantitative estimate of drug-likeness (QED) is 0.488. The maximum Gasteiger partial charge on any atom is 0.222 e. The molecule has 0 aromatic rings. The molecule has 0 spiro atoms. The van der Waals surface area contributed by atoms with Gasteiger partial charge < -0.3 is 5.32 Å². The van der Waals surface area contributed by atoms with E-state index in [-0.39, 0.29) is 11.8 Å². The highest BCUT2D eigenvalue weighted by atomic mass is 16.1. The molecule has 0 aromatic heterocycles. The number of piperidine rings is 1. The van der Waals surface area contributed by atoms with E-state index >= 15 is 0 Å². The molecule has 0 saturated carbocycles. The zero-order valence-electron chi connectivity index (χ0n) is 5.11. The second-order valence-electron chi connectivity index (χ2n) is 2.33. The Hall–Kier alpha value is -0.530. The van der Waals surface area contributed by atoms with Crippen LogP contribution in [0.3, 0.4) is 0 Å². The Morgan fingerprint density at radius 1 is 1.75 bits per heavy atom. The van der Waals surface area contributed by atoms with Crippen LogP contribution in [0.15, 0.2) is 0 Å². The highest BCUT2D eigenvalue weighted by molar-refractivity contribution is 5.78. The van der Waals surface area contributed by atoms with Crippen LogP contribution in [0.5, 0.6) is 0 Å². The number of hydrogen-bond acceptors (Lipinski definition) is 1. The van der Waals surface area contributed by atoms with Gasteiger partial charge >= 0.3 is 0 Å². The molecule has 2 heteroatoms.